The third-order valence-electron chi connectivity index (χ3n) is 12.0. The molecule has 0 bridgehead atoms. The lowest BCUT2D eigenvalue weighted by atomic mass is 9.87. The van der Waals surface area contributed by atoms with E-state index in [0.717, 1.165) is 33.4 Å². The van der Waals surface area contributed by atoms with Gasteiger partial charge in [0.2, 0.25) is 5.75 Å². The second-order valence-electron chi connectivity index (χ2n) is 16.8. The highest BCUT2D eigenvalue weighted by Crippen LogP contribution is 2.48. The molecule has 2 atom stereocenters. The third-order valence-corrected chi connectivity index (χ3v) is 12.0. The van der Waals surface area contributed by atoms with Gasteiger partial charge >= 0.3 is 5.97 Å². The molecule has 66 heavy (non-hydrogen) atoms. The summed E-state index contributed by atoms with van der Waals surface area (Å²) in [5.74, 6) is 2.36. The molecule has 0 amide bonds. The maximum absolute atomic E-state index is 14.2. The van der Waals surface area contributed by atoms with Gasteiger partial charge in [0.05, 0.1) is 12.0 Å². The number of rotatable bonds is 18. The summed E-state index contributed by atoms with van der Waals surface area (Å²) in [5.41, 5.74) is 6.37. The lowest BCUT2D eigenvalue weighted by Gasteiger charge is -2.36. The van der Waals surface area contributed by atoms with Gasteiger partial charge in [-0.1, -0.05) is 152 Å². The summed E-state index contributed by atoms with van der Waals surface area (Å²) < 4.78 is 46.7. The molecule has 1 aliphatic carbocycles. The van der Waals surface area contributed by atoms with Crippen molar-refractivity contribution in [3.05, 3.63) is 215 Å². The zero-order valence-electron chi connectivity index (χ0n) is 36.8. The van der Waals surface area contributed by atoms with Crippen molar-refractivity contribution in [1.29, 1.82) is 0 Å². The molecule has 0 aromatic heterocycles. The summed E-state index contributed by atoms with van der Waals surface area (Å²) in [6, 6.07) is 57.4. The van der Waals surface area contributed by atoms with Crippen LogP contribution >= 0.6 is 0 Å². The number of hydrogen-bond donors (Lipinski definition) is 1. The monoisotopic (exact) mass is 882 g/mol. The van der Waals surface area contributed by atoms with Gasteiger partial charge in [0.15, 0.2) is 17.6 Å². The lowest BCUT2D eigenvalue weighted by molar-refractivity contribution is -0.162. The summed E-state index contributed by atoms with van der Waals surface area (Å²) in [4.78, 5) is 14.2. The minimum Gasteiger partial charge on any atom is -0.489 e. The smallest absolute Gasteiger partial charge is 0.309 e. The molecule has 1 saturated carbocycles. The predicted octanol–water partition coefficient (Wildman–Crippen LogP) is 11.7. The molecule has 1 N–H and O–H groups in total. The molecular formula is C57H54O9. The summed E-state index contributed by atoms with van der Waals surface area (Å²) in [7, 11) is 0. The van der Waals surface area contributed by atoms with Crippen LogP contribution in [0.25, 0.3) is 0 Å². The Kier molecular flexibility index (Phi) is 14.4. The van der Waals surface area contributed by atoms with Crippen LogP contribution in [0.1, 0.15) is 70.7 Å². The first-order valence-electron chi connectivity index (χ1n) is 22.7. The molecule has 0 radical (unpaired) electrons. The molecular weight excluding hydrogens is 829 g/mol. The van der Waals surface area contributed by atoms with Crippen molar-refractivity contribution in [2.75, 3.05) is 0 Å². The number of aliphatic hydroxyl groups excluding tert-OH is 1. The van der Waals surface area contributed by atoms with Gasteiger partial charge in [0, 0.05) is 29.7 Å². The maximum Gasteiger partial charge on any atom is 0.309 e. The second-order valence-corrected chi connectivity index (χ2v) is 16.8. The number of ether oxygens (including phenoxy) is 7. The fraction of sp³-hybridized carbons (Fsp3) is 0.246. The van der Waals surface area contributed by atoms with Gasteiger partial charge in [-0.25, -0.2) is 0 Å². The van der Waals surface area contributed by atoms with Crippen molar-refractivity contribution in [3.8, 4) is 34.5 Å². The average Bonchev–Trinajstić information content (AvgIpc) is 3.37. The minimum atomic E-state index is -0.816. The van der Waals surface area contributed by atoms with E-state index < -0.39 is 18.3 Å². The zero-order chi connectivity index (χ0) is 44.9. The van der Waals surface area contributed by atoms with E-state index in [1.165, 1.54) is 0 Å². The third kappa shape index (κ3) is 11.5. The standard InChI is InChI=1S/C57H54O9/c58-47-28-26-45(27-29-47)57(59)66-54-34-49-50(61-36-41-18-8-2-9-19-41)32-48(60-35-40-16-6-1-7-17-40)33-51(49)65-55(54)46-30-52(62-37-42-20-10-3-11-21-42)56(64-39-44-24-14-5-15-25-44)53(31-46)63-38-43-22-12-4-13-23-43/h1-25,30-33,45,47,54-55,58H,26-29,34-39H2/t45-,47-,54-,55+/m1/s1. The van der Waals surface area contributed by atoms with Gasteiger partial charge in [-0.15, -0.1) is 0 Å². The van der Waals surface area contributed by atoms with Gasteiger partial charge in [-0.05, 0) is 65.6 Å². The van der Waals surface area contributed by atoms with Crippen LogP contribution in [-0.4, -0.2) is 23.3 Å². The quantitative estimate of drug-likeness (QED) is 0.0844. The highest BCUT2D eigenvalue weighted by atomic mass is 16.6. The van der Waals surface area contributed by atoms with E-state index in [9.17, 15) is 9.90 Å². The number of aliphatic hydroxyl groups is 1. The minimum absolute atomic E-state index is 0.259. The Bertz CT molecular complexity index is 2550. The fourth-order valence-corrected chi connectivity index (χ4v) is 8.37. The van der Waals surface area contributed by atoms with Crippen LogP contribution < -0.4 is 28.4 Å². The lowest BCUT2D eigenvalue weighted by Crippen LogP contribution is -2.37. The Morgan fingerprint density at radius 1 is 0.500 bits per heavy atom. The number of carbonyl (C=O) groups excluding carboxylic acids is 1. The zero-order valence-corrected chi connectivity index (χ0v) is 36.8. The summed E-state index contributed by atoms with van der Waals surface area (Å²) in [6.07, 6.45) is 0.457. The van der Waals surface area contributed by atoms with Gasteiger partial charge in [-0.3, -0.25) is 4.79 Å². The van der Waals surface area contributed by atoms with Crippen LogP contribution in [0.15, 0.2) is 176 Å². The predicted molar refractivity (Wildman–Crippen MR) is 252 cm³/mol. The van der Waals surface area contributed by atoms with Crippen molar-refractivity contribution in [3.63, 3.8) is 0 Å². The van der Waals surface area contributed by atoms with Crippen LogP contribution in [0, 0.1) is 5.92 Å². The number of fused-ring (bicyclic) bond motifs is 1. The first-order chi connectivity index (χ1) is 32.5. The highest BCUT2D eigenvalue weighted by molar-refractivity contribution is 5.73. The number of esters is 1. The molecule has 2 aliphatic rings. The van der Waals surface area contributed by atoms with E-state index in [1.807, 2.05) is 176 Å². The SMILES string of the molecule is O=C(O[C@@H]1Cc2c(OCc3ccccc3)cc(OCc3ccccc3)cc2O[C@H]1c1cc(OCc2ccccc2)c(OCc2ccccc2)c(OCc2ccccc2)c1)[C@H]1CC[C@H](O)CC1. The van der Waals surface area contributed by atoms with Crippen LogP contribution in [-0.2, 0) is 49.0 Å². The van der Waals surface area contributed by atoms with Crippen molar-refractivity contribution in [1.82, 2.24) is 0 Å². The van der Waals surface area contributed by atoms with E-state index in [4.69, 9.17) is 33.2 Å². The second kappa shape index (κ2) is 21.6. The van der Waals surface area contributed by atoms with Crippen LogP contribution in [0.5, 0.6) is 34.5 Å². The Morgan fingerprint density at radius 3 is 1.39 bits per heavy atom. The summed E-state index contributed by atoms with van der Waals surface area (Å²) in [5, 5.41) is 10.3. The van der Waals surface area contributed by atoms with Crippen molar-refractivity contribution in [2.24, 2.45) is 5.92 Å². The van der Waals surface area contributed by atoms with Crippen LogP contribution in [0.2, 0.25) is 0 Å². The summed E-state index contributed by atoms with van der Waals surface area (Å²) >= 11 is 0. The molecule has 0 spiro atoms. The van der Waals surface area contributed by atoms with Crippen LogP contribution in [0.4, 0.5) is 0 Å². The molecule has 9 nitrogen and oxygen atoms in total. The first kappa shape index (κ1) is 44.0. The van der Waals surface area contributed by atoms with E-state index in [2.05, 4.69) is 0 Å². The van der Waals surface area contributed by atoms with E-state index >= 15 is 0 Å². The largest absolute Gasteiger partial charge is 0.489 e. The maximum atomic E-state index is 14.2. The van der Waals surface area contributed by atoms with Gasteiger partial charge in [0.1, 0.15) is 56.4 Å². The summed E-state index contributed by atoms with van der Waals surface area (Å²) in [6.45, 7) is 1.43. The van der Waals surface area contributed by atoms with E-state index in [0.29, 0.717) is 79.0 Å². The number of carbonyl (C=O) groups is 1. The molecule has 9 heteroatoms. The Hall–Kier alpha value is -7.23. The van der Waals surface area contributed by atoms with Crippen molar-refractivity contribution in [2.45, 2.75) is 83.5 Å². The Labute approximate surface area is 386 Å². The Balaban J connectivity index is 1.13. The van der Waals surface area contributed by atoms with Gasteiger partial charge in [0.25, 0.3) is 0 Å². The molecule has 0 unspecified atom stereocenters. The molecule has 1 heterocycles. The van der Waals surface area contributed by atoms with E-state index in [-0.39, 0.29) is 38.1 Å². The molecule has 9 rings (SSSR count). The molecule has 7 aromatic carbocycles. The number of hydrogen-bond acceptors (Lipinski definition) is 9. The molecule has 1 aliphatic heterocycles. The topological polar surface area (TPSA) is 102 Å². The highest BCUT2D eigenvalue weighted by Gasteiger charge is 2.39. The normalized spacial score (nSPS) is 17.7. The van der Waals surface area contributed by atoms with Gasteiger partial charge in [-0.2, -0.15) is 0 Å². The van der Waals surface area contributed by atoms with Crippen LogP contribution in [0.3, 0.4) is 0 Å². The Morgan fingerprint density at radius 2 is 0.924 bits per heavy atom. The fourth-order valence-electron chi connectivity index (χ4n) is 8.37. The van der Waals surface area contributed by atoms with Gasteiger partial charge < -0.3 is 38.3 Å². The molecule has 7 aromatic rings. The van der Waals surface area contributed by atoms with E-state index in [1.54, 1.807) is 0 Å². The average molecular weight is 883 g/mol. The number of benzene rings is 7. The first-order valence-corrected chi connectivity index (χ1v) is 22.7. The molecule has 336 valence electrons. The van der Waals surface area contributed by atoms with Crippen molar-refractivity contribution < 1.29 is 43.1 Å². The molecule has 0 saturated heterocycles. The van der Waals surface area contributed by atoms with Crippen molar-refractivity contribution >= 4 is 5.97 Å². The molecule has 1 fully saturated rings.